The van der Waals surface area contributed by atoms with Crippen molar-refractivity contribution in [2.24, 2.45) is 5.41 Å². The molecule has 0 saturated heterocycles. The third-order valence-electron chi connectivity index (χ3n) is 3.19. The third kappa shape index (κ3) is 2.66. The molecule has 0 heterocycles. The minimum atomic E-state index is -3.17. The number of halogens is 3. The minimum absolute atomic E-state index is 0.0722. The van der Waals surface area contributed by atoms with Gasteiger partial charge >= 0.3 is 4.83 Å². The van der Waals surface area contributed by atoms with Crippen LogP contribution >= 0.6 is 15.9 Å². The number of hydrogen-bond acceptors (Lipinski definition) is 1. The number of rotatable bonds is 1. The number of hydrogen-bond donors (Lipinski definition) is 1. The molecule has 84 valence electrons. The van der Waals surface area contributed by atoms with E-state index in [1.807, 2.05) is 0 Å². The van der Waals surface area contributed by atoms with Crippen molar-refractivity contribution in [1.29, 1.82) is 0 Å². The molecule has 1 fully saturated rings. The molecule has 1 rings (SSSR count). The summed E-state index contributed by atoms with van der Waals surface area (Å²) in [5, 5.41) is 9.82. The summed E-state index contributed by atoms with van der Waals surface area (Å²) in [4.78, 5) is -3.17. The van der Waals surface area contributed by atoms with Crippen molar-refractivity contribution in [3.05, 3.63) is 0 Å². The van der Waals surface area contributed by atoms with E-state index in [1.54, 1.807) is 0 Å². The minimum Gasteiger partial charge on any atom is -0.383 e. The zero-order valence-corrected chi connectivity index (χ0v) is 10.2. The highest BCUT2D eigenvalue weighted by atomic mass is 79.9. The summed E-state index contributed by atoms with van der Waals surface area (Å²) in [6.07, 6.45) is 2.54. The SMILES string of the molecule is CC1(C)CCCC(O)(C(F)(F)Br)CC1. The standard InChI is InChI=1S/C10H17BrF2O/c1-8(2)4-3-5-9(14,7-6-8)10(11,12)13/h14H,3-7H2,1-2H3. The lowest BCUT2D eigenvalue weighted by Crippen LogP contribution is -2.43. The van der Waals surface area contributed by atoms with E-state index in [4.69, 9.17) is 0 Å². The van der Waals surface area contributed by atoms with Gasteiger partial charge in [0.15, 0.2) is 0 Å². The van der Waals surface area contributed by atoms with E-state index in [-0.39, 0.29) is 18.3 Å². The van der Waals surface area contributed by atoms with Gasteiger partial charge in [0.1, 0.15) is 5.60 Å². The molecular weight excluding hydrogens is 254 g/mol. The summed E-state index contributed by atoms with van der Waals surface area (Å²) >= 11 is 2.29. The number of alkyl halides is 3. The van der Waals surface area contributed by atoms with Crippen molar-refractivity contribution in [1.82, 2.24) is 0 Å². The van der Waals surface area contributed by atoms with Gasteiger partial charge in [0.25, 0.3) is 0 Å². The average molecular weight is 271 g/mol. The van der Waals surface area contributed by atoms with E-state index in [2.05, 4.69) is 29.8 Å². The second kappa shape index (κ2) is 3.71. The summed E-state index contributed by atoms with van der Waals surface area (Å²) < 4.78 is 26.2. The van der Waals surface area contributed by atoms with Gasteiger partial charge in [0.2, 0.25) is 0 Å². The van der Waals surface area contributed by atoms with Crippen LogP contribution in [-0.2, 0) is 0 Å². The average Bonchev–Trinajstić information content (AvgIpc) is 2.10. The molecule has 4 heteroatoms. The predicted molar refractivity (Wildman–Crippen MR) is 55.7 cm³/mol. The monoisotopic (exact) mass is 270 g/mol. The summed E-state index contributed by atoms with van der Waals surface area (Å²) in [6.45, 7) is 4.12. The molecule has 0 aromatic heterocycles. The molecule has 1 N–H and O–H groups in total. The van der Waals surface area contributed by atoms with Gasteiger partial charge in [-0.3, -0.25) is 0 Å². The maximum absolute atomic E-state index is 13.1. The molecule has 0 aliphatic heterocycles. The molecule has 1 unspecified atom stereocenters. The summed E-state index contributed by atoms with van der Waals surface area (Å²) in [7, 11) is 0. The van der Waals surface area contributed by atoms with Crippen LogP contribution in [0.4, 0.5) is 8.78 Å². The Hall–Kier alpha value is 0.300. The van der Waals surface area contributed by atoms with Gasteiger partial charge in [0, 0.05) is 0 Å². The maximum Gasteiger partial charge on any atom is 0.329 e. The quantitative estimate of drug-likeness (QED) is 0.569. The smallest absolute Gasteiger partial charge is 0.329 e. The predicted octanol–water partition coefficient (Wildman–Crippen LogP) is 3.70. The van der Waals surface area contributed by atoms with Crippen LogP contribution in [0.25, 0.3) is 0 Å². The van der Waals surface area contributed by atoms with Crippen LogP contribution in [0.2, 0.25) is 0 Å². The molecule has 0 radical (unpaired) electrons. The Kier molecular flexibility index (Phi) is 3.27. The number of aliphatic hydroxyl groups is 1. The Morgan fingerprint density at radius 1 is 1.14 bits per heavy atom. The lowest BCUT2D eigenvalue weighted by atomic mass is 9.84. The first-order chi connectivity index (χ1) is 6.16. The molecule has 1 aliphatic rings. The topological polar surface area (TPSA) is 20.2 Å². The van der Waals surface area contributed by atoms with E-state index in [9.17, 15) is 13.9 Å². The van der Waals surface area contributed by atoms with E-state index in [1.165, 1.54) is 0 Å². The van der Waals surface area contributed by atoms with Gasteiger partial charge < -0.3 is 5.11 Å². The molecule has 0 spiro atoms. The van der Waals surface area contributed by atoms with Crippen molar-refractivity contribution in [3.63, 3.8) is 0 Å². The van der Waals surface area contributed by atoms with Crippen LogP contribution < -0.4 is 0 Å². The Morgan fingerprint density at radius 3 is 2.21 bits per heavy atom. The highest BCUT2D eigenvalue weighted by Gasteiger charge is 2.51. The lowest BCUT2D eigenvalue weighted by molar-refractivity contribution is -0.124. The summed E-state index contributed by atoms with van der Waals surface area (Å²) in [6, 6.07) is 0. The second-order valence-electron chi connectivity index (χ2n) is 5.05. The fraction of sp³-hybridized carbons (Fsp3) is 1.00. The fourth-order valence-electron chi connectivity index (χ4n) is 1.94. The third-order valence-corrected chi connectivity index (χ3v) is 3.92. The van der Waals surface area contributed by atoms with Crippen LogP contribution in [0.15, 0.2) is 0 Å². The van der Waals surface area contributed by atoms with Crippen molar-refractivity contribution < 1.29 is 13.9 Å². The molecule has 1 aliphatic carbocycles. The van der Waals surface area contributed by atoms with Crippen LogP contribution in [0.3, 0.4) is 0 Å². The molecule has 1 nitrogen and oxygen atoms in total. The molecule has 1 saturated carbocycles. The van der Waals surface area contributed by atoms with Gasteiger partial charge in [-0.15, -0.1) is 0 Å². The Labute approximate surface area is 92.0 Å². The lowest BCUT2D eigenvalue weighted by Gasteiger charge is -2.31. The zero-order valence-electron chi connectivity index (χ0n) is 8.62. The van der Waals surface area contributed by atoms with Crippen LogP contribution in [0.5, 0.6) is 0 Å². The fourth-order valence-corrected chi connectivity index (χ4v) is 2.33. The van der Waals surface area contributed by atoms with Gasteiger partial charge in [-0.05, 0) is 53.4 Å². The Morgan fingerprint density at radius 2 is 1.71 bits per heavy atom. The van der Waals surface area contributed by atoms with E-state index < -0.39 is 10.4 Å². The molecule has 0 bridgehead atoms. The van der Waals surface area contributed by atoms with E-state index in [0.29, 0.717) is 12.8 Å². The Balaban J connectivity index is 2.75. The maximum atomic E-state index is 13.1. The highest BCUT2D eigenvalue weighted by Crippen LogP contribution is 2.47. The first kappa shape index (κ1) is 12.4. The van der Waals surface area contributed by atoms with Gasteiger partial charge in [0.05, 0.1) is 0 Å². The molecule has 0 amide bonds. The van der Waals surface area contributed by atoms with Crippen molar-refractivity contribution >= 4 is 15.9 Å². The molecule has 14 heavy (non-hydrogen) atoms. The second-order valence-corrected chi connectivity index (χ2v) is 6.04. The normalized spacial score (nSPS) is 33.9. The molecular formula is C10H17BrF2O. The van der Waals surface area contributed by atoms with E-state index in [0.717, 1.165) is 6.42 Å². The van der Waals surface area contributed by atoms with Crippen LogP contribution in [0, 0.1) is 5.41 Å². The van der Waals surface area contributed by atoms with Crippen molar-refractivity contribution in [2.75, 3.05) is 0 Å². The van der Waals surface area contributed by atoms with Crippen LogP contribution in [0.1, 0.15) is 46.0 Å². The highest BCUT2D eigenvalue weighted by molar-refractivity contribution is 9.10. The first-order valence-corrected chi connectivity index (χ1v) is 5.75. The van der Waals surface area contributed by atoms with Gasteiger partial charge in [-0.2, -0.15) is 8.78 Å². The van der Waals surface area contributed by atoms with Crippen molar-refractivity contribution in [2.45, 2.75) is 56.4 Å². The molecule has 0 aromatic rings. The first-order valence-electron chi connectivity index (χ1n) is 4.95. The van der Waals surface area contributed by atoms with Gasteiger partial charge in [-0.1, -0.05) is 13.8 Å². The van der Waals surface area contributed by atoms with Crippen LogP contribution in [-0.4, -0.2) is 15.5 Å². The van der Waals surface area contributed by atoms with Gasteiger partial charge in [-0.25, -0.2) is 0 Å². The van der Waals surface area contributed by atoms with E-state index >= 15 is 0 Å². The Bertz CT molecular complexity index is 213. The molecule has 1 atom stereocenters. The largest absolute Gasteiger partial charge is 0.383 e. The zero-order chi connectivity index (χ0) is 11.0. The van der Waals surface area contributed by atoms with Crippen molar-refractivity contribution in [3.8, 4) is 0 Å². The summed E-state index contributed by atoms with van der Waals surface area (Å²) in [5.74, 6) is 0. The molecule has 0 aromatic carbocycles. The summed E-state index contributed by atoms with van der Waals surface area (Å²) in [5.41, 5.74) is -1.79.